The topological polar surface area (TPSA) is 116 Å². The van der Waals surface area contributed by atoms with Crippen LogP contribution in [0.25, 0.3) is 0 Å². The lowest BCUT2D eigenvalue weighted by Gasteiger charge is -2.34. The van der Waals surface area contributed by atoms with Crippen LogP contribution in [0.1, 0.15) is 145 Å². The Morgan fingerprint density at radius 1 is 0.643 bits per heavy atom. The number of carbonyl (C=O) groups is 2. The second-order valence-electron chi connectivity index (χ2n) is 16.0. The van der Waals surface area contributed by atoms with E-state index in [0.717, 1.165) is 81.2 Å². The summed E-state index contributed by atoms with van der Waals surface area (Å²) in [5.41, 5.74) is 8.12. The first-order valence-corrected chi connectivity index (χ1v) is 21.4. The Morgan fingerprint density at radius 2 is 1.23 bits per heavy atom. The summed E-state index contributed by atoms with van der Waals surface area (Å²) in [4.78, 5) is 39.6. The molecule has 1 aromatic carbocycles. The summed E-state index contributed by atoms with van der Waals surface area (Å²) >= 11 is 0. The zero-order chi connectivity index (χ0) is 38.9. The first-order valence-electron chi connectivity index (χ1n) is 21.4. The molecular weight excluding hydrogens is 697 g/mol. The van der Waals surface area contributed by atoms with Gasteiger partial charge in [0.05, 0.1) is 29.2 Å². The van der Waals surface area contributed by atoms with Crippen molar-refractivity contribution < 1.29 is 12.4 Å². The Morgan fingerprint density at radius 3 is 1.82 bits per heavy atom. The van der Waals surface area contributed by atoms with Crippen molar-refractivity contribution in [3.05, 3.63) is 107 Å². The Bertz CT molecular complexity index is 1900. The lowest BCUT2D eigenvalue weighted by atomic mass is 9.99. The van der Waals surface area contributed by atoms with Crippen molar-refractivity contribution in [1.82, 2.24) is 30.0 Å². The second kappa shape index (κ2) is 19.1. The van der Waals surface area contributed by atoms with Crippen molar-refractivity contribution in [2.24, 2.45) is 0 Å². The maximum atomic E-state index is 13.1. The van der Waals surface area contributed by atoms with Crippen molar-refractivity contribution in [3.8, 4) is 0 Å². The molecule has 0 spiro atoms. The molecule has 3 aromatic heterocycles. The number of nitrogens with one attached hydrogen (secondary N) is 2. The first kappa shape index (κ1) is 39.7. The lowest BCUT2D eigenvalue weighted by molar-refractivity contribution is -0.123. The van der Waals surface area contributed by atoms with E-state index in [1.165, 1.54) is 60.9 Å². The molecule has 5 fully saturated rings. The first-order chi connectivity index (χ1) is 27.5. The lowest BCUT2D eigenvalue weighted by Crippen LogP contribution is -2.46. The molecule has 9 rings (SSSR count). The van der Waals surface area contributed by atoms with E-state index in [0.29, 0.717) is 24.2 Å². The Kier molecular flexibility index (Phi) is 13.5. The fourth-order valence-electron chi connectivity index (χ4n) is 8.07. The molecule has 5 aliphatic rings. The van der Waals surface area contributed by atoms with Crippen LogP contribution < -0.4 is 10.6 Å². The van der Waals surface area contributed by atoms with E-state index in [1.54, 1.807) is 0 Å². The number of hydrogen-bond donors (Lipinski definition) is 2. The molecule has 10 nitrogen and oxygen atoms in total. The van der Waals surface area contributed by atoms with Crippen LogP contribution in [-0.4, -0.2) is 67.0 Å². The summed E-state index contributed by atoms with van der Waals surface area (Å²) in [6, 6.07) is 20.4. The third-order valence-electron chi connectivity index (χ3n) is 11.8. The third kappa shape index (κ3) is 10.6. The highest BCUT2D eigenvalue weighted by molar-refractivity contribution is 5.95. The van der Waals surface area contributed by atoms with E-state index in [4.69, 9.17) is 0 Å². The number of amides is 2. The molecule has 3 saturated carbocycles. The monoisotopic (exact) mass is 761 g/mol. The molecule has 2 aliphatic heterocycles. The van der Waals surface area contributed by atoms with E-state index < -0.39 is 0 Å². The van der Waals surface area contributed by atoms with Gasteiger partial charge in [0.1, 0.15) is 0 Å². The Balaban J connectivity index is 0.000000206. The molecule has 2 amide bonds. The minimum absolute atomic E-state index is 0. The number of nitrogens with zero attached hydrogens (tertiary/aromatic N) is 6. The van der Waals surface area contributed by atoms with Gasteiger partial charge in [-0.05, 0) is 149 Å². The van der Waals surface area contributed by atoms with Gasteiger partial charge in [0.2, 0.25) is 11.8 Å². The number of pyridine rings is 2. The predicted octanol–water partition coefficient (Wildman–Crippen LogP) is 9.40. The standard InChI is InChI=1S/C24H29N3O.C20H25N5O.C2H6.2H2/c28-24(26-20-12-10-18(11-13-20)17-6-7-17)23-5-1-2-15-27(23)16-22-21(19-8-9-19)4-3-14-25-22;1-14-5-4-11-21-17(14)13-25-12-3-2-6-18(25)20(26)22-19-10-9-16(23-24-19)15-7-8-15;1-2;;/h3-4,10-14,17,19,23H,1-2,5-9,15-16H2,(H,26,28);4-5,9-11,15,18H,2-3,6-8,12-13H2,1H3,(H,22,24,26);1-2H3;2*1H/t23-;18-;;;/m11.../s1. The smallest absolute Gasteiger partial charge is 0.242 e. The van der Waals surface area contributed by atoms with Gasteiger partial charge in [0.25, 0.3) is 0 Å². The molecule has 0 unspecified atom stereocenters. The molecule has 4 aromatic rings. The molecule has 300 valence electrons. The van der Waals surface area contributed by atoms with Crippen molar-refractivity contribution in [3.63, 3.8) is 0 Å². The SMILES string of the molecule is CC.Cc1cccnc1CN1CCCC[C@@H]1C(=O)Nc1ccc(C2CC2)nn1.O=C(Nc1ccc(C2CC2)cc1)[C@H]1CCCCN1Cc1ncccc1C1CC1.[HH].[HH]. The Labute approximate surface area is 336 Å². The molecule has 10 heteroatoms. The van der Waals surface area contributed by atoms with Crippen LogP contribution >= 0.6 is 0 Å². The number of aromatic nitrogens is 4. The molecule has 2 saturated heterocycles. The highest BCUT2D eigenvalue weighted by Crippen LogP contribution is 2.42. The molecule has 56 heavy (non-hydrogen) atoms. The fourth-order valence-corrected chi connectivity index (χ4v) is 8.07. The van der Waals surface area contributed by atoms with Crippen molar-refractivity contribution in [2.75, 3.05) is 23.7 Å². The average Bonchev–Trinajstić information content (AvgIpc) is 4.07. The fraction of sp³-hybridized carbons (Fsp3) is 0.522. The largest absolute Gasteiger partial charge is 0.325 e. The third-order valence-corrected chi connectivity index (χ3v) is 11.8. The van der Waals surface area contributed by atoms with Crippen molar-refractivity contribution in [2.45, 2.75) is 141 Å². The highest BCUT2D eigenvalue weighted by atomic mass is 16.2. The molecule has 2 N–H and O–H groups in total. The molecule has 0 bridgehead atoms. The van der Waals surface area contributed by atoms with Gasteiger partial charge in [0, 0.05) is 39.9 Å². The van der Waals surface area contributed by atoms with E-state index >= 15 is 0 Å². The average molecular weight is 761 g/mol. The van der Waals surface area contributed by atoms with Gasteiger partial charge in [0.15, 0.2) is 5.82 Å². The van der Waals surface area contributed by atoms with Crippen LogP contribution in [0.3, 0.4) is 0 Å². The van der Waals surface area contributed by atoms with E-state index in [2.05, 4.69) is 83.9 Å². The number of piperidine rings is 2. The van der Waals surface area contributed by atoms with E-state index in [1.807, 2.05) is 50.5 Å². The number of hydrogen-bond acceptors (Lipinski definition) is 8. The number of likely N-dealkylation sites (tertiary alicyclic amines) is 2. The van der Waals surface area contributed by atoms with Crippen LogP contribution in [0.2, 0.25) is 0 Å². The van der Waals surface area contributed by atoms with Gasteiger partial charge in [-0.2, -0.15) is 5.10 Å². The zero-order valence-electron chi connectivity index (χ0n) is 33.6. The summed E-state index contributed by atoms with van der Waals surface area (Å²) in [5, 5.41) is 14.6. The molecular formula is C46H64N8O2. The zero-order valence-corrected chi connectivity index (χ0v) is 33.6. The van der Waals surface area contributed by atoms with Gasteiger partial charge in [-0.1, -0.05) is 51.0 Å². The van der Waals surface area contributed by atoms with Gasteiger partial charge < -0.3 is 10.6 Å². The summed E-state index contributed by atoms with van der Waals surface area (Å²) < 4.78 is 0. The summed E-state index contributed by atoms with van der Waals surface area (Å²) in [7, 11) is 0. The highest BCUT2D eigenvalue weighted by Gasteiger charge is 2.33. The molecule has 5 heterocycles. The van der Waals surface area contributed by atoms with Crippen LogP contribution in [0.4, 0.5) is 11.5 Å². The van der Waals surface area contributed by atoms with Crippen molar-refractivity contribution in [1.29, 1.82) is 0 Å². The number of aryl methyl sites for hydroxylation is 1. The number of rotatable bonds is 11. The van der Waals surface area contributed by atoms with Crippen LogP contribution in [0.5, 0.6) is 0 Å². The van der Waals surface area contributed by atoms with Gasteiger partial charge in [-0.25, -0.2) is 0 Å². The van der Waals surface area contributed by atoms with Crippen LogP contribution in [0.15, 0.2) is 73.1 Å². The van der Waals surface area contributed by atoms with E-state index in [-0.39, 0.29) is 26.8 Å². The second-order valence-corrected chi connectivity index (χ2v) is 16.0. The normalized spacial score (nSPS) is 21.1. The maximum Gasteiger partial charge on any atom is 0.242 e. The van der Waals surface area contributed by atoms with Crippen LogP contribution in [-0.2, 0) is 22.7 Å². The molecule has 0 radical (unpaired) electrons. The molecule has 3 aliphatic carbocycles. The molecule has 2 atom stereocenters. The van der Waals surface area contributed by atoms with Crippen LogP contribution in [0, 0.1) is 6.92 Å². The summed E-state index contributed by atoms with van der Waals surface area (Å²) in [5.74, 6) is 2.68. The number of carbonyl (C=O) groups excluding carboxylic acids is 2. The quantitative estimate of drug-likeness (QED) is 0.155. The van der Waals surface area contributed by atoms with Crippen molar-refractivity contribution >= 4 is 23.3 Å². The minimum Gasteiger partial charge on any atom is -0.325 e. The number of benzene rings is 1. The maximum absolute atomic E-state index is 13.1. The number of anilines is 2. The van der Waals surface area contributed by atoms with E-state index in [9.17, 15) is 9.59 Å². The predicted molar refractivity (Wildman–Crippen MR) is 227 cm³/mol. The summed E-state index contributed by atoms with van der Waals surface area (Å²) in [6.07, 6.45) is 17.5. The summed E-state index contributed by atoms with van der Waals surface area (Å²) in [6.45, 7) is 9.45. The van der Waals surface area contributed by atoms with Gasteiger partial charge in [-0.15, -0.1) is 5.10 Å². The van der Waals surface area contributed by atoms with Gasteiger partial charge >= 0.3 is 0 Å². The minimum atomic E-state index is -0.143. The Hall–Kier alpha value is -4.54. The van der Waals surface area contributed by atoms with Gasteiger partial charge in [-0.3, -0.25) is 29.4 Å².